The second-order valence-electron chi connectivity index (χ2n) is 1.82. The summed E-state index contributed by atoms with van der Waals surface area (Å²) in [7, 11) is 3.38. The zero-order chi connectivity index (χ0) is 9.66. The summed E-state index contributed by atoms with van der Waals surface area (Å²) in [6.45, 7) is 3.34. The van der Waals surface area contributed by atoms with Crippen LogP contribution in [-0.2, 0) is 9.47 Å². The number of rotatable bonds is 6. The van der Waals surface area contributed by atoms with E-state index in [4.69, 9.17) is 19.6 Å². The van der Waals surface area contributed by atoms with Crippen LogP contribution in [0.2, 0.25) is 0 Å². The van der Waals surface area contributed by atoms with Gasteiger partial charge in [-0.3, -0.25) is 0 Å². The van der Waals surface area contributed by atoms with E-state index in [9.17, 15) is 0 Å². The number of nitrogens with zero attached hydrogens (tertiary/aromatic N) is 1. The Morgan fingerprint density at radius 3 is 1.83 bits per heavy atom. The first-order valence-corrected chi connectivity index (χ1v) is 3.48. The average molecular weight is 180 g/mol. The van der Waals surface area contributed by atoms with Gasteiger partial charge in [-0.2, -0.15) is 0 Å². The smallest absolute Gasteiger partial charge is 0.152 e. The van der Waals surface area contributed by atoms with Gasteiger partial charge in [0.05, 0.1) is 13.2 Å². The van der Waals surface area contributed by atoms with Crippen LogP contribution in [0.25, 0.3) is 0 Å². The summed E-state index contributed by atoms with van der Waals surface area (Å²) in [6, 6.07) is 0. The van der Waals surface area contributed by atoms with Gasteiger partial charge in [0.15, 0.2) is 5.34 Å². The molecule has 0 rings (SSSR count). The van der Waals surface area contributed by atoms with Crippen LogP contribution in [0.15, 0.2) is 5.34 Å². The van der Waals surface area contributed by atoms with Gasteiger partial charge in [0.2, 0.25) is 0 Å². The molecule has 0 radical (unpaired) electrons. The fourth-order valence-corrected chi connectivity index (χ4v) is 0.473. The van der Waals surface area contributed by atoms with Crippen molar-refractivity contribution >= 4 is 0 Å². The van der Waals surface area contributed by atoms with E-state index in [0.29, 0.717) is 0 Å². The number of hydrogen-bond acceptors (Lipinski definition) is 5. The average Bonchev–Trinajstić information content (AvgIpc) is 2.06. The van der Waals surface area contributed by atoms with E-state index in [0.717, 1.165) is 26.3 Å². The van der Waals surface area contributed by atoms with Gasteiger partial charge in [0.1, 0.15) is 0 Å². The van der Waals surface area contributed by atoms with E-state index in [1.165, 1.54) is 5.34 Å². The maximum Gasteiger partial charge on any atom is 0.152 e. The first-order chi connectivity index (χ1) is 5.83. The van der Waals surface area contributed by atoms with Gasteiger partial charge in [-0.15, -0.1) is 4.91 Å². The molecule has 0 aromatic rings. The minimum Gasteiger partial charge on any atom is -0.383 e. The number of ether oxygens (including phenoxy) is 2. The molecule has 0 aliphatic rings. The molecule has 0 saturated heterocycles. The largest absolute Gasteiger partial charge is 0.383 e. The van der Waals surface area contributed by atoms with Crippen LogP contribution in [0.1, 0.15) is 0 Å². The second-order valence-corrected chi connectivity index (χ2v) is 1.82. The number of methoxy groups -OCH3 is 2. The predicted octanol–water partition coefficient (Wildman–Crippen LogP) is 0.0108. The molecule has 0 bridgehead atoms. The lowest BCUT2D eigenvalue weighted by molar-refractivity contribution is 0.180. The Morgan fingerprint density at radius 1 is 1.25 bits per heavy atom. The molecule has 0 aliphatic carbocycles. The highest BCUT2D eigenvalue weighted by molar-refractivity contribution is 4.42. The van der Waals surface area contributed by atoms with E-state index >= 15 is 0 Å². The van der Waals surface area contributed by atoms with Gasteiger partial charge in [-0.05, 0) is 0 Å². The van der Waals surface area contributed by atoms with E-state index in [2.05, 4.69) is 5.32 Å². The van der Waals surface area contributed by atoms with Crippen LogP contribution in [0.4, 0.5) is 0 Å². The van der Waals surface area contributed by atoms with Crippen molar-refractivity contribution in [2.75, 3.05) is 40.5 Å². The molecule has 6 heteroatoms. The maximum absolute atomic E-state index is 8.11. The van der Waals surface area contributed by atoms with Gasteiger partial charge in [0.25, 0.3) is 0 Å². The Morgan fingerprint density at radius 2 is 1.58 bits per heavy atom. The molecule has 6 nitrogen and oxygen atoms in total. The predicted molar refractivity (Wildman–Crippen MR) is 44.2 cm³/mol. The van der Waals surface area contributed by atoms with E-state index in [1.807, 2.05) is 0 Å². The summed E-state index contributed by atoms with van der Waals surface area (Å²) in [4.78, 5) is 8.11. The molecule has 12 heavy (non-hydrogen) atoms. The minimum atomic E-state index is 0.768. The maximum atomic E-state index is 8.11. The Kier molecular flexibility index (Phi) is 19.3. The van der Waals surface area contributed by atoms with Crippen LogP contribution in [0, 0.1) is 4.91 Å². The van der Waals surface area contributed by atoms with Gasteiger partial charge in [-0.1, -0.05) is 0 Å². The van der Waals surface area contributed by atoms with Crippen molar-refractivity contribution in [3.63, 3.8) is 0 Å². The SMILES string of the molecule is COCCNCCOC.O=NO. The lowest BCUT2D eigenvalue weighted by Crippen LogP contribution is -2.23. The van der Waals surface area contributed by atoms with Gasteiger partial charge >= 0.3 is 0 Å². The van der Waals surface area contributed by atoms with Crippen LogP contribution in [0.5, 0.6) is 0 Å². The molecule has 0 aromatic heterocycles. The third-order valence-corrected chi connectivity index (χ3v) is 0.966. The summed E-state index contributed by atoms with van der Waals surface area (Å²) in [5, 5.41) is 11.0. The van der Waals surface area contributed by atoms with Crippen LogP contribution >= 0.6 is 0 Å². The molecule has 0 unspecified atom stereocenters. The minimum absolute atomic E-state index is 0.768. The molecule has 0 aromatic carbocycles. The summed E-state index contributed by atoms with van der Waals surface area (Å²) >= 11 is 0. The van der Waals surface area contributed by atoms with Crippen molar-refractivity contribution in [2.45, 2.75) is 0 Å². The van der Waals surface area contributed by atoms with Gasteiger partial charge in [-0.25, -0.2) is 0 Å². The molecule has 0 spiro atoms. The Balaban J connectivity index is 0. The van der Waals surface area contributed by atoms with E-state index in [-0.39, 0.29) is 0 Å². The van der Waals surface area contributed by atoms with Crippen molar-refractivity contribution in [1.29, 1.82) is 0 Å². The van der Waals surface area contributed by atoms with Crippen molar-refractivity contribution in [1.82, 2.24) is 5.32 Å². The molecule has 2 N–H and O–H groups in total. The third kappa shape index (κ3) is 22.8. The zero-order valence-electron chi connectivity index (χ0n) is 7.45. The molecule has 74 valence electrons. The molecule has 0 atom stereocenters. The fraction of sp³-hybridized carbons (Fsp3) is 1.00. The fourth-order valence-electron chi connectivity index (χ4n) is 0.473. The zero-order valence-corrected chi connectivity index (χ0v) is 7.45. The van der Waals surface area contributed by atoms with Crippen molar-refractivity contribution in [2.24, 2.45) is 5.34 Å². The molecule has 0 saturated carbocycles. The Labute approximate surface area is 71.8 Å². The molecule has 0 aliphatic heterocycles. The first-order valence-electron chi connectivity index (χ1n) is 3.48. The normalized spacial score (nSPS) is 8.50. The topological polar surface area (TPSA) is 80.2 Å². The lowest BCUT2D eigenvalue weighted by Gasteiger charge is -2.01. The Bertz CT molecular complexity index is 75.9. The number of hydrogen-bond donors (Lipinski definition) is 2. The highest BCUT2D eigenvalue weighted by Crippen LogP contribution is 1.65. The molecule has 0 heterocycles. The second kappa shape index (κ2) is 16.7. The van der Waals surface area contributed by atoms with Crippen molar-refractivity contribution < 1.29 is 14.7 Å². The highest BCUT2D eigenvalue weighted by atomic mass is 16.6. The summed E-state index contributed by atoms with van der Waals surface area (Å²) < 4.78 is 9.64. The summed E-state index contributed by atoms with van der Waals surface area (Å²) in [5.74, 6) is 0. The number of nitrogens with one attached hydrogen (secondary N) is 1. The standard InChI is InChI=1S/C6H15NO2.HNO2/c1-8-5-3-7-4-6-9-2;2-1-3/h7H,3-6H2,1-2H3;(H,2,3). The Hall–Kier alpha value is -0.720. The van der Waals surface area contributed by atoms with Crippen LogP contribution in [0.3, 0.4) is 0 Å². The molecular formula is C6H16N2O4. The monoisotopic (exact) mass is 180 g/mol. The third-order valence-electron chi connectivity index (χ3n) is 0.966. The quantitative estimate of drug-likeness (QED) is 0.342. The lowest BCUT2D eigenvalue weighted by atomic mass is 10.6. The van der Waals surface area contributed by atoms with E-state index in [1.54, 1.807) is 14.2 Å². The highest BCUT2D eigenvalue weighted by Gasteiger charge is 1.83. The molecule has 0 amide bonds. The summed E-state index contributed by atoms with van der Waals surface area (Å²) in [5.41, 5.74) is 0. The first kappa shape index (κ1) is 13.8. The van der Waals surface area contributed by atoms with Crippen LogP contribution in [-0.4, -0.2) is 45.7 Å². The molecular weight excluding hydrogens is 164 g/mol. The van der Waals surface area contributed by atoms with E-state index < -0.39 is 0 Å². The van der Waals surface area contributed by atoms with Gasteiger partial charge < -0.3 is 20.0 Å². The van der Waals surface area contributed by atoms with Crippen molar-refractivity contribution in [3.05, 3.63) is 4.91 Å². The van der Waals surface area contributed by atoms with Crippen molar-refractivity contribution in [3.8, 4) is 0 Å². The van der Waals surface area contributed by atoms with Gasteiger partial charge in [0, 0.05) is 27.3 Å². The summed E-state index contributed by atoms with van der Waals surface area (Å²) in [6.07, 6.45) is 0. The van der Waals surface area contributed by atoms with Crippen LogP contribution < -0.4 is 5.32 Å². The molecule has 0 fully saturated rings.